The number of hydrogen-bond acceptors (Lipinski definition) is 11. The minimum atomic E-state index is -1.26. The van der Waals surface area contributed by atoms with Crippen molar-refractivity contribution in [3.05, 3.63) is 70.0 Å². The van der Waals surface area contributed by atoms with Crippen molar-refractivity contribution in [2.45, 2.75) is 32.7 Å². The van der Waals surface area contributed by atoms with Crippen molar-refractivity contribution in [1.29, 1.82) is 0 Å². The molecule has 0 aliphatic heterocycles. The van der Waals surface area contributed by atoms with Crippen LogP contribution in [0.3, 0.4) is 0 Å². The molecule has 0 aliphatic carbocycles. The van der Waals surface area contributed by atoms with Gasteiger partial charge in [0.25, 0.3) is 0 Å². The Bertz CT molecular complexity index is 1850. The van der Waals surface area contributed by atoms with Gasteiger partial charge in [-0.15, -0.1) is 0 Å². The van der Waals surface area contributed by atoms with E-state index < -0.39 is 62.0 Å². The van der Waals surface area contributed by atoms with E-state index >= 15 is 0 Å². The van der Waals surface area contributed by atoms with Gasteiger partial charge >= 0.3 is 23.9 Å². The third-order valence-corrected chi connectivity index (χ3v) is 8.16. The van der Waals surface area contributed by atoms with Crippen molar-refractivity contribution >= 4 is 58.0 Å². The lowest BCUT2D eigenvalue weighted by Crippen LogP contribution is -2.46. The van der Waals surface area contributed by atoms with Crippen molar-refractivity contribution in [3.8, 4) is 0 Å². The third kappa shape index (κ3) is 15.1. The molecule has 1 atom stereocenters. The summed E-state index contributed by atoms with van der Waals surface area (Å²) in [6.45, 7) is 1.20. The topological polar surface area (TPSA) is 276 Å². The molecule has 18 nitrogen and oxygen atoms in total. The predicted octanol–water partition coefficient (Wildman–Crippen LogP) is 0.614. The highest BCUT2D eigenvalue weighted by atomic mass is 16.4. The Morgan fingerprint density at radius 1 is 0.685 bits per heavy atom. The average Bonchev–Trinajstić information content (AvgIpc) is 3.05. The molecule has 292 valence electrons. The van der Waals surface area contributed by atoms with Gasteiger partial charge in [0.1, 0.15) is 0 Å². The van der Waals surface area contributed by atoms with Crippen molar-refractivity contribution in [2.75, 3.05) is 69.5 Å². The number of nitrogens with zero attached hydrogens (tertiary/aromatic N) is 3. The standard InChI is InChI=1S/C36H47N7O11/c1-22(2)13-28(37)36(54)39-25-5-3-23(4-6-25)14-24-15-30(44)40-29-16-26(7-8-27(24)29)38-31(45)17-42(19-33(48)49)11-9-41(18-32(46)47)10-12-43(20-34(50)51)21-35(52)53/h3-8,15-16,22,28H,9-14,17-21,37H2,1-2H3,(H,38,45)(H,39,54)(H,40,44)(H,46,47)(H,48,49)(H,50,51)(H,52,53)/t28-/m0/s1. The zero-order valence-corrected chi connectivity index (χ0v) is 30.1. The number of aromatic nitrogens is 1. The summed E-state index contributed by atoms with van der Waals surface area (Å²) in [5.41, 5.74) is 8.58. The Balaban J connectivity index is 1.67. The van der Waals surface area contributed by atoms with E-state index in [4.69, 9.17) is 15.9 Å². The van der Waals surface area contributed by atoms with Crippen LogP contribution < -0.4 is 21.9 Å². The number of fused-ring (bicyclic) bond motifs is 1. The number of carboxylic acids is 4. The predicted molar refractivity (Wildman–Crippen MR) is 198 cm³/mol. The van der Waals surface area contributed by atoms with E-state index in [1.54, 1.807) is 30.3 Å². The second-order valence-corrected chi connectivity index (χ2v) is 13.3. The minimum absolute atomic E-state index is 0.0232. The van der Waals surface area contributed by atoms with E-state index in [9.17, 15) is 43.8 Å². The molecule has 18 heteroatoms. The molecule has 1 heterocycles. The molecular formula is C36H47N7O11. The summed E-state index contributed by atoms with van der Waals surface area (Å²) in [5, 5.41) is 43.2. The lowest BCUT2D eigenvalue weighted by atomic mass is 10.0. The maximum absolute atomic E-state index is 13.1. The molecule has 0 bridgehead atoms. The van der Waals surface area contributed by atoms with E-state index in [0.29, 0.717) is 29.7 Å². The lowest BCUT2D eigenvalue weighted by Gasteiger charge is -2.27. The number of H-pyrrole nitrogens is 1. The van der Waals surface area contributed by atoms with Gasteiger partial charge in [-0.05, 0) is 54.2 Å². The van der Waals surface area contributed by atoms with E-state index in [1.165, 1.54) is 15.9 Å². The Hall–Kier alpha value is -5.69. The van der Waals surface area contributed by atoms with Gasteiger partial charge in [-0.3, -0.25) is 48.3 Å². The number of carboxylic acid groups (broad SMARTS) is 4. The van der Waals surface area contributed by atoms with Crippen LogP contribution in [-0.2, 0) is 35.2 Å². The summed E-state index contributed by atoms with van der Waals surface area (Å²) in [6.07, 6.45) is 0.954. The van der Waals surface area contributed by atoms with Crippen molar-refractivity contribution in [2.24, 2.45) is 11.7 Å². The van der Waals surface area contributed by atoms with Gasteiger partial charge in [0.05, 0.1) is 44.3 Å². The van der Waals surface area contributed by atoms with E-state index in [-0.39, 0.29) is 50.1 Å². The molecule has 0 fully saturated rings. The van der Waals surface area contributed by atoms with Gasteiger partial charge in [-0.25, -0.2) is 0 Å². The third-order valence-electron chi connectivity index (χ3n) is 8.16. The van der Waals surface area contributed by atoms with Crippen molar-refractivity contribution in [1.82, 2.24) is 19.7 Å². The summed E-state index contributed by atoms with van der Waals surface area (Å²) in [4.78, 5) is 89.9. The number of aliphatic carboxylic acids is 4. The fraction of sp³-hybridized carbons (Fsp3) is 0.417. The average molecular weight is 754 g/mol. The summed E-state index contributed by atoms with van der Waals surface area (Å²) >= 11 is 0. The largest absolute Gasteiger partial charge is 0.480 e. The first-order valence-electron chi connectivity index (χ1n) is 17.1. The molecule has 0 radical (unpaired) electrons. The molecule has 3 aromatic rings. The summed E-state index contributed by atoms with van der Waals surface area (Å²) < 4.78 is 0. The van der Waals surface area contributed by atoms with E-state index in [0.717, 1.165) is 21.4 Å². The van der Waals surface area contributed by atoms with Crippen LogP contribution in [0, 0.1) is 5.92 Å². The van der Waals surface area contributed by atoms with Crippen molar-refractivity contribution in [3.63, 3.8) is 0 Å². The summed E-state index contributed by atoms with van der Waals surface area (Å²) in [6, 6.07) is 13.0. The summed E-state index contributed by atoms with van der Waals surface area (Å²) in [7, 11) is 0. The van der Waals surface area contributed by atoms with Crippen LogP contribution >= 0.6 is 0 Å². The van der Waals surface area contributed by atoms with E-state index in [2.05, 4.69) is 15.6 Å². The molecule has 3 rings (SSSR count). The van der Waals surface area contributed by atoms with E-state index in [1.807, 2.05) is 26.0 Å². The number of pyridine rings is 1. The number of carbonyl (C=O) groups excluding carboxylic acids is 2. The number of hydrogen-bond donors (Lipinski definition) is 8. The zero-order chi connectivity index (χ0) is 39.9. The first-order valence-corrected chi connectivity index (χ1v) is 17.1. The van der Waals surface area contributed by atoms with Crippen LogP contribution in [0.1, 0.15) is 31.4 Å². The molecule has 0 unspecified atom stereocenters. The molecule has 2 aromatic carbocycles. The second-order valence-electron chi connectivity index (χ2n) is 13.3. The first kappa shape index (κ1) is 42.7. The number of amides is 2. The normalized spacial score (nSPS) is 12.0. The number of benzene rings is 2. The quantitative estimate of drug-likeness (QED) is 0.0659. The fourth-order valence-corrected chi connectivity index (χ4v) is 5.76. The van der Waals surface area contributed by atoms with Crippen LogP contribution in [0.2, 0.25) is 0 Å². The maximum Gasteiger partial charge on any atom is 0.317 e. The number of nitrogens with two attached hydrogens (primary N) is 1. The van der Waals surface area contributed by atoms with Gasteiger partial charge in [0, 0.05) is 49.0 Å². The smallest absolute Gasteiger partial charge is 0.317 e. The number of nitrogens with one attached hydrogen (secondary N) is 3. The Morgan fingerprint density at radius 3 is 1.72 bits per heavy atom. The highest BCUT2D eigenvalue weighted by molar-refractivity contribution is 5.96. The number of rotatable bonds is 23. The number of aromatic amines is 1. The molecule has 0 saturated carbocycles. The van der Waals surface area contributed by atoms with Gasteiger partial charge in [0.15, 0.2) is 0 Å². The van der Waals surface area contributed by atoms with Crippen LogP contribution in [0.4, 0.5) is 11.4 Å². The monoisotopic (exact) mass is 753 g/mol. The summed E-state index contributed by atoms with van der Waals surface area (Å²) in [5.74, 6) is -5.53. The Morgan fingerprint density at radius 2 is 1.19 bits per heavy atom. The highest BCUT2D eigenvalue weighted by Gasteiger charge is 2.20. The zero-order valence-electron chi connectivity index (χ0n) is 30.1. The Kier molecular flexibility index (Phi) is 16.2. The van der Waals surface area contributed by atoms with Crippen molar-refractivity contribution < 1.29 is 49.2 Å². The lowest BCUT2D eigenvalue weighted by molar-refractivity contribution is -0.143. The van der Waals surface area contributed by atoms with Gasteiger partial charge in [0.2, 0.25) is 17.4 Å². The van der Waals surface area contributed by atoms with Gasteiger partial charge in [-0.1, -0.05) is 32.0 Å². The van der Waals surface area contributed by atoms with Crippen LogP contribution in [0.5, 0.6) is 0 Å². The first-order chi connectivity index (χ1) is 25.5. The van der Waals surface area contributed by atoms with Crippen LogP contribution in [0.25, 0.3) is 10.9 Å². The molecule has 2 amide bonds. The number of anilines is 2. The molecular weight excluding hydrogens is 706 g/mol. The minimum Gasteiger partial charge on any atom is -0.480 e. The molecule has 0 aliphatic rings. The SMILES string of the molecule is CC(C)C[C@H](N)C(=O)Nc1ccc(Cc2cc(=O)[nH]c3cc(NC(=O)CN(CCN(CCN(CC(=O)O)CC(=O)O)CC(=O)O)CC(=O)O)ccc23)cc1. The molecule has 1 aromatic heterocycles. The van der Waals surface area contributed by atoms with Gasteiger partial charge < -0.3 is 41.8 Å². The molecule has 9 N–H and O–H groups in total. The number of carbonyl (C=O) groups is 6. The molecule has 54 heavy (non-hydrogen) atoms. The Labute approximate surface area is 310 Å². The van der Waals surface area contributed by atoms with Crippen LogP contribution in [-0.4, -0.2) is 141 Å². The fourth-order valence-electron chi connectivity index (χ4n) is 5.76. The molecule has 0 spiro atoms. The maximum atomic E-state index is 13.1. The second kappa shape index (κ2) is 20.5. The molecule has 0 saturated heterocycles. The van der Waals surface area contributed by atoms with Crippen LogP contribution in [0.15, 0.2) is 53.3 Å². The highest BCUT2D eigenvalue weighted by Crippen LogP contribution is 2.23. The van der Waals surface area contributed by atoms with Gasteiger partial charge in [-0.2, -0.15) is 0 Å².